The molecule has 4 rings (SSSR count). The minimum Gasteiger partial charge on any atom is -0.494 e. The number of aliphatic imine (C=N–C) groups is 1. The van der Waals surface area contributed by atoms with Crippen LogP contribution in [0.25, 0.3) is 11.4 Å². The van der Waals surface area contributed by atoms with Gasteiger partial charge < -0.3 is 24.2 Å². The Morgan fingerprint density at radius 1 is 1.25 bits per heavy atom. The van der Waals surface area contributed by atoms with Crippen molar-refractivity contribution in [3.63, 3.8) is 0 Å². The molecular formula is C19H24N6O3. The highest BCUT2D eigenvalue weighted by Gasteiger charge is 2.19. The SMILES string of the molecule is COc1c(NC2=NCN(C)C=C2)cccc1-c1noc(CN2CCOCC2)n1. The third-order valence-corrected chi connectivity index (χ3v) is 4.60. The van der Waals surface area contributed by atoms with Gasteiger partial charge in [-0.15, -0.1) is 0 Å². The summed E-state index contributed by atoms with van der Waals surface area (Å²) in [5, 5.41) is 7.46. The minimum absolute atomic E-state index is 0.504. The van der Waals surface area contributed by atoms with Crippen LogP contribution in [0.15, 0.2) is 40.0 Å². The van der Waals surface area contributed by atoms with Crippen LogP contribution in [0.4, 0.5) is 5.69 Å². The van der Waals surface area contributed by atoms with Gasteiger partial charge in [0.1, 0.15) is 12.5 Å². The second-order valence-corrected chi connectivity index (χ2v) is 6.67. The van der Waals surface area contributed by atoms with E-state index in [9.17, 15) is 0 Å². The summed E-state index contributed by atoms with van der Waals surface area (Å²) in [6.07, 6.45) is 3.90. The summed E-state index contributed by atoms with van der Waals surface area (Å²) in [6.45, 7) is 4.42. The molecule has 9 nitrogen and oxygen atoms in total. The monoisotopic (exact) mass is 384 g/mol. The van der Waals surface area contributed by atoms with Crippen molar-refractivity contribution in [2.24, 2.45) is 4.99 Å². The molecule has 0 bridgehead atoms. The summed E-state index contributed by atoms with van der Waals surface area (Å²) in [6, 6.07) is 5.78. The fourth-order valence-electron chi connectivity index (χ4n) is 3.12. The highest BCUT2D eigenvalue weighted by atomic mass is 16.5. The Hall–Kier alpha value is -2.91. The van der Waals surface area contributed by atoms with Gasteiger partial charge in [-0.1, -0.05) is 11.2 Å². The second-order valence-electron chi connectivity index (χ2n) is 6.67. The second kappa shape index (κ2) is 8.41. The van der Waals surface area contributed by atoms with E-state index in [0.717, 1.165) is 43.4 Å². The maximum absolute atomic E-state index is 5.65. The quantitative estimate of drug-likeness (QED) is 0.835. The Kier molecular flexibility index (Phi) is 5.54. The normalized spacial score (nSPS) is 17.5. The molecule has 0 atom stereocenters. The first-order valence-electron chi connectivity index (χ1n) is 9.23. The molecule has 2 aliphatic rings. The van der Waals surface area contributed by atoms with Crippen molar-refractivity contribution in [3.8, 4) is 17.1 Å². The van der Waals surface area contributed by atoms with E-state index in [1.54, 1.807) is 7.11 Å². The minimum atomic E-state index is 0.504. The van der Waals surface area contributed by atoms with Crippen molar-refractivity contribution in [1.29, 1.82) is 0 Å². The van der Waals surface area contributed by atoms with Gasteiger partial charge in [-0.3, -0.25) is 4.90 Å². The number of nitrogens with zero attached hydrogens (tertiary/aromatic N) is 5. The van der Waals surface area contributed by atoms with Crippen LogP contribution in [0, 0.1) is 0 Å². The lowest BCUT2D eigenvalue weighted by molar-refractivity contribution is 0.0297. The number of aromatic nitrogens is 2. The molecule has 1 aromatic heterocycles. The first-order chi connectivity index (χ1) is 13.7. The topological polar surface area (TPSA) is 88.2 Å². The number of morpholine rings is 1. The molecule has 1 N–H and O–H groups in total. The lowest BCUT2D eigenvalue weighted by Gasteiger charge is -2.24. The molecule has 9 heteroatoms. The van der Waals surface area contributed by atoms with Crippen molar-refractivity contribution in [1.82, 2.24) is 19.9 Å². The zero-order valence-electron chi connectivity index (χ0n) is 16.1. The van der Waals surface area contributed by atoms with Crippen LogP contribution < -0.4 is 10.1 Å². The first kappa shape index (κ1) is 18.5. The molecule has 0 radical (unpaired) electrons. The zero-order chi connectivity index (χ0) is 19.3. The zero-order valence-corrected chi connectivity index (χ0v) is 16.1. The van der Waals surface area contributed by atoms with Crippen LogP contribution >= 0.6 is 0 Å². The molecule has 148 valence electrons. The van der Waals surface area contributed by atoms with Gasteiger partial charge in [0.25, 0.3) is 0 Å². The number of methoxy groups -OCH3 is 1. The molecule has 28 heavy (non-hydrogen) atoms. The van der Waals surface area contributed by atoms with E-state index in [2.05, 4.69) is 25.3 Å². The molecule has 2 aromatic rings. The lowest BCUT2D eigenvalue weighted by Crippen LogP contribution is -2.35. The van der Waals surface area contributed by atoms with E-state index in [0.29, 0.717) is 30.7 Å². The van der Waals surface area contributed by atoms with Gasteiger partial charge in [-0.25, -0.2) is 4.99 Å². The summed E-state index contributed by atoms with van der Waals surface area (Å²) >= 11 is 0. The Morgan fingerprint density at radius 2 is 2.11 bits per heavy atom. The smallest absolute Gasteiger partial charge is 0.241 e. The van der Waals surface area contributed by atoms with Crippen LogP contribution in [-0.4, -0.2) is 72.9 Å². The van der Waals surface area contributed by atoms with E-state index in [4.69, 9.17) is 14.0 Å². The summed E-state index contributed by atoms with van der Waals surface area (Å²) in [4.78, 5) is 13.3. The number of rotatable bonds is 5. The average molecular weight is 384 g/mol. The van der Waals surface area contributed by atoms with Crippen LogP contribution in [0.3, 0.4) is 0 Å². The Labute approximate surface area is 163 Å². The standard InChI is InChI=1S/C19H24N6O3/c1-24-7-6-16(20-13-24)21-15-5-3-4-14(18(15)26-2)19-22-17(28-23-19)12-25-8-10-27-11-9-25/h3-7H,8-13H2,1-2H3,(H,20,21). The molecule has 0 aliphatic carbocycles. The Bertz CT molecular complexity index is 872. The first-order valence-corrected chi connectivity index (χ1v) is 9.23. The molecule has 0 saturated carbocycles. The average Bonchev–Trinajstić information content (AvgIpc) is 3.18. The molecule has 0 unspecified atom stereocenters. The maximum Gasteiger partial charge on any atom is 0.241 e. The van der Waals surface area contributed by atoms with Crippen molar-refractivity contribution in [3.05, 3.63) is 36.4 Å². The number of hydrogen-bond acceptors (Lipinski definition) is 9. The van der Waals surface area contributed by atoms with Gasteiger partial charge in [0.05, 0.1) is 38.1 Å². The number of nitrogens with one attached hydrogen (secondary N) is 1. The van der Waals surface area contributed by atoms with E-state index in [1.807, 2.05) is 42.4 Å². The van der Waals surface area contributed by atoms with Crippen LogP contribution in [-0.2, 0) is 11.3 Å². The maximum atomic E-state index is 5.65. The third kappa shape index (κ3) is 4.15. The number of amidine groups is 1. The van der Waals surface area contributed by atoms with Crippen molar-refractivity contribution >= 4 is 11.5 Å². The third-order valence-electron chi connectivity index (χ3n) is 4.60. The molecule has 1 fully saturated rings. The molecule has 1 saturated heterocycles. The Morgan fingerprint density at radius 3 is 2.86 bits per heavy atom. The number of hydrogen-bond donors (Lipinski definition) is 1. The predicted molar refractivity (Wildman–Crippen MR) is 105 cm³/mol. The van der Waals surface area contributed by atoms with Crippen LogP contribution in [0.1, 0.15) is 5.89 Å². The number of ether oxygens (including phenoxy) is 2. The molecule has 1 aromatic carbocycles. The summed E-state index contributed by atoms with van der Waals surface area (Å²) in [5.41, 5.74) is 1.56. The van der Waals surface area contributed by atoms with Crippen molar-refractivity contribution in [2.45, 2.75) is 6.54 Å². The van der Waals surface area contributed by atoms with E-state index in [-0.39, 0.29) is 0 Å². The molecular weight excluding hydrogens is 360 g/mol. The Balaban J connectivity index is 1.54. The summed E-state index contributed by atoms with van der Waals surface area (Å²) in [7, 11) is 3.60. The predicted octanol–water partition coefficient (Wildman–Crippen LogP) is 1.80. The number of anilines is 1. The summed E-state index contributed by atoms with van der Waals surface area (Å²) in [5.74, 6) is 2.51. The van der Waals surface area contributed by atoms with Gasteiger partial charge in [-0.05, 0) is 18.2 Å². The highest BCUT2D eigenvalue weighted by molar-refractivity contribution is 6.05. The fraction of sp³-hybridized carbons (Fsp3) is 0.421. The highest BCUT2D eigenvalue weighted by Crippen LogP contribution is 2.35. The van der Waals surface area contributed by atoms with E-state index in [1.165, 1.54) is 0 Å². The lowest BCUT2D eigenvalue weighted by atomic mass is 10.1. The van der Waals surface area contributed by atoms with Gasteiger partial charge in [0.15, 0.2) is 5.75 Å². The van der Waals surface area contributed by atoms with Gasteiger partial charge in [-0.2, -0.15) is 4.98 Å². The molecule has 0 spiro atoms. The number of para-hydroxylation sites is 1. The van der Waals surface area contributed by atoms with Crippen LogP contribution in [0.2, 0.25) is 0 Å². The fourth-order valence-corrected chi connectivity index (χ4v) is 3.12. The number of benzene rings is 1. The van der Waals surface area contributed by atoms with E-state index >= 15 is 0 Å². The van der Waals surface area contributed by atoms with Crippen molar-refractivity contribution in [2.75, 3.05) is 52.4 Å². The van der Waals surface area contributed by atoms with Gasteiger partial charge in [0.2, 0.25) is 11.7 Å². The van der Waals surface area contributed by atoms with Gasteiger partial charge in [0, 0.05) is 26.3 Å². The van der Waals surface area contributed by atoms with Crippen molar-refractivity contribution < 1.29 is 14.0 Å². The molecule has 0 amide bonds. The van der Waals surface area contributed by atoms with Crippen LogP contribution in [0.5, 0.6) is 5.75 Å². The molecule has 2 aliphatic heterocycles. The van der Waals surface area contributed by atoms with E-state index < -0.39 is 0 Å². The summed E-state index contributed by atoms with van der Waals surface area (Å²) < 4.78 is 16.5. The molecule has 3 heterocycles. The van der Waals surface area contributed by atoms with Gasteiger partial charge >= 0.3 is 0 Å². The largest absolute Gasteiger partial charge is 0.494 e.